The highest BCUT2D eigenvalue weighted by atomic mass is 19.4. The van der Waals surface area contributed by atoms with Gasteiger partial charge in [0.25, 0.3) is 0 Å². The molecule has 0 radical (unpaired) electrons. The lowest BCUT2D eigenvalue weighted by Gasteiger charge is -2.16. The van der Waals surface area contributed by atoms with E-state index >= 15 is 0 Å². The number of rotatable bonds is 2. The van der Waals surface area contributed by atoms with Gasteiger partial charge in [-0.2, -0.15) is 13.2 Å². The summed E-state index contributed by atoms with van der Waals surface area (Å²) in [4.78, 5) is 15.2. The zero-order valence-electron chi connectivity index (χ0n) is 7.71. The molecular formula is C10H8F3NO. The van der Waals surface area contributed by atoms with Gasteiger partial charge in [0.2, 0.25) is 0 Å². The summed E-state index contributed by atoms with van der Waals surface area (Å²) >= 11 is 0. The van der Waals surface area contributed by atoms with Crippen LogP contribution in [0.3, 0.4) is 0 Å². The molecule has 0 atom stereocenters. The molecule has 1 fully saturated rings. The molecule has 0 bridgehead atoms. The summed E-state index contributed by atoms with van der Waals surface area (Å²) in [5.74, 6) is -0.907. The second-order valence-electron chi connectivity index (χ2n) is 3.62. The molecule has 0 N–H and O–H groups in total. The lowest BCUT2D eigenvalue weighted by atomic mass is 9.97. The lowest BCUT2D eigenvalue weighted by Crippen LogP contribution is -2.33. The van der Waals surface area contributed by atoms with Gasteiger partial charge < -0.3 is 0 Å². The Kier molecular flexibility index (Phi) is 2.06. The van der Waals surface area contributed by atoms with Crippen LogP contribution in [0, 0.1) is 5.41 Å². The Bertz CT molecular complexity index is 381. The van der Waals surface area contributed by atoms with E-state index < -0.39 is 17.4 Å². The molecule has 1 aliphatic rings. The normalized spacial score (nSPS) is 18.6. The first-order chi connectivity index (χ1) is 6.97. The number of hydrogen-bond acceptors (Lipinski definition) is 2. The number of hydrogen-bond donors (Lipinski definition) is 0. The van der Waals surface area contributed by atoms with Crippen molar-refractivity contribution in [3.05, 3.63) is 30.1 Å². The van der Waals surface area contributed by atoms with Crippen LogP contribution >= 0.6 is 0 Å². The van der Waals surface area contributed by atoms with Crippen molar-refractivity contribution in [3.63, 3.8) is 0 Å². The minimum atomic E-state index is -4.46. The molecule has 0 unspecified atom stereocenters. The summed E-state index contributed by atoms with van der Waals surface area (Å²) in [7, 11) is 0. The van der Waals surface area contributed by atoms with Gasteiger partial charge in [-0.3, -0.25) is 9.78 Å². The first-order valence-electron chi connectivity index (χ1n) is 4.50. The van der Waals surface area contributed by atoms with Crippen LogP contribution in [0.4, 0.5) is 13.2 Å². The zero-order chi connectivity index (χ0) is 11.1. The minimum Gasteiger partial charge on any atom is -0.291 e. The number of alkyl halides is 3. The van der Waals surface area contributed by atoms with Crippen molar-refractivity contribution < 1.29 is 18.0 Å². The van der Waals surface area contributed by atoms with E-state index in [0.29, 0.717) is 0 Å². The number of ketones is 1. The van der Waals surface area contributed by atoms with E-state index in [2.05, 4.69) is 4.98 Å². The maximum atomic E-state index is 12.6. The first-order valence-corrected chi connectivity index (χ1v) is 4.50. The summed E-state index contributed by atoms with van der Waals surface area (Å²) in [6.07, 6.45) is -3.38. The minimum absolute atomic E-state index is 0.104. The number of pyridine rings is 1. The van der Waals surface area contributed by atoms with Gasteiger partial charge in [-0.15, -0.1) is 0 Å². The van der Waals surface area contributed by atoms with Crippen molar-refractivity contribution in [1.82, 2.24) is 4.98 Å². The Morgan fingerprint density at radius 1 is 1.33 bits per heavy atom. The molecule has 2 rings (SSSR count). The SMILES string of the molecule is O=C(c1ccccn1)C1(C(F)(F)F)CC1. The smallest absolute Gasteiger partial charge is 0.291 e. The number of carbonyl (C=O) groups excluding carboxylic acids is 1. The van der Waals surface area contributed by atoms with Crippen molar-refractivity contribution >= 4 is 5.78 Å². The molecule has 0 aliphatic heterocycles. The molecule has 0 amide bonds. The second-order valence-corrected chi connectivity index (χ2v) is 3.62. The van der Waals surface area contributed by atoms with Crippen molar-refractivity contribution in [2.45, 2.75) is 19.0 Å². The number of carbonyl (C=O) groups is 1. The van der Waals surface area contributed by atoms with Crippen LogP contribution < -0.4 is 0 Å². The molecule has 1 aromatic rings. The molecule has 1 heterocycles. The number of halogens is 3. The predicted molar refractivity (Wildman–Crippen MR) is 46.3 cm³/mol. The standard InChI is InChI=1S/C10H8F3NO/c11-10(12,13)9(4-5-9)8(15)7-3-1-2-6-14-7/h1-3,6H,4-5H2. The molecule has 80 valence electrons. The Morgan fingerprint density at radius 3 is 2.40 bits per heavy atom. The van der Waals surface area contributed by atoms with Crippen molar-refractivity contribution in [2.75, 3.05) is 0 Å². The average Bonchev–Trinajstić information content (AvgIpc) is 2.98. The van der Waals surface area contributed by atoms with E-state index in [0.717, 1.165) is 0 Å². The molecular weight excluding hydrogens is 207 g/mol. The fraction of sp³-hybridized carbons (Fsp3) is 0.400. The fourth-order valence-electron chi connectivity index (χ4n) is 1.51. The first kappa shape index (κ1) is 10.1. The summed E-state index contributed by atoms with van der Waals surface area (Å²) in [6.45, 7) is 0. The second kappa shape index (κ2) is 3.05. The maximum Gasteiger partial charge on any atom is 0.401 e. The Morgan fingerprint density at radius 2 is 2.00 bits per heavy atom. The van der Waals surface area contributed by atoms with Gasteiger partial charge >= 0.3 is 6.18 Å². The van der Waals surface area contributed by atoms with Crippen LogP contribution in [0.5, 0.6) is 0 Å². The fourth-order valence-corrected chi connectivity index (χ4v) is 1.51. The topological polar surface area (TPSA) is 30.0 Å². The Labute approximate surface area is 84.1 Å². The van der Waals surface area contributed by atoms with Gasteiger partial charge in [-0.05, 0) is 25.0 Å². The third-order valence-corrected chi connectivity index (χ3v) is 2.62. The molecule has 0 saturated heterocycles. The van der Waals surface area contributed by atoms with Gasteiger partial charge in [0.15, 0.2) is 5.78 Å². The largest absolute Gasteiger partial charge is 0.401 e. The number of nitrogens with zero attached hydrogens (tertiary/aromatic N) is 1. The van der Waals surface area contributed by atoms with Crippen molar-refractivity contribution in [2.24, 2.45) is 5.41 Å². The third kappa shape index (κ3) is 1.52. The molecule has 0 aromatic carbocycles. The van der Waals surface area contributed by atoms with Crippen LogP contribution in [0.15, 0.2) is 24.4 Å². The van der Waals surface area contributed by atoms with Gasteiger partial charge in [-0.1, -0.05) is 6.07 Å². The van der Waals surface area contributed by atoms with E-state index in [4.69, 9.17) is 0 Å². The van der Waals surface area contributed by atoms with E-state index in [1.54, 1.807) is 6.07 Å². The highest BCUT2D eigenvalue weighted by Crippen LogP contribution is 2.59. The average molecular weight is 215 g/mol. The van der Waals surface area contributed by atoms with Gasteiger partial charge in [-0.25, -0.2) is 0 Å². The monoisotopic (exact) mass is 215 g/mol. The number of Topliss-reactive ketones (excluding diaryl/α,β-unsaturated/α-hetero) is 1. The van der Waals surface area contributed by atoms with Crippen LogP contribution in [-0.2, 0) is 0 Å². The van der Waals surface area contributed by atoms with Crippen molar-refractivity contribution in [3.8, 4) is 0 Å². The zero-order valence-corrected chi connectivity index (χ0v) is 7.71. The summed E-state index contributed by atoms with van der Waals surface area (Å²) in [5.41, 5.74) is -2.26. The summed E-state index contributed by atoms with van der Waals surface area (Å²) in [6, 6.07) is 4.38. The maximum absolute atomic E-state index is 12.6. The van der Waals surface area contributed by atoms with E-state index in [1.165, 1.54) is 18.3 Å². The highest BCUT2D eigenvalue weighted by Gasteiger charge is 2.68. The number of aromatic nitrogens is 1. The van der Waals surface area contributed by atoms with Crippen LogP contribution in [0.25, 0.3) is 0 Å². The lowest BCUT2D eigenvalue weighted by molar-refractivity contribution is -0.171. The molecule has 1 saturated carbocycles. The van der Waals surface area contributed by atoms with Gasteiger partial charge in [0.05, 0.1) is 0 Å². The van der Waals surface area contributed by atoms with Gasteiger partial charge in [0, 0.05) is 6.20 Å². The van der Waals surface area contributed by atoms with Gasteiger partial charge in [0.1, 0.15) is 11.1 Å². The van der Waals surface area contributed by atoms with E-state index in [9.17, 15) is 18.0 Å². The van der Waals surface area contributed by atoms with Crippen LogP contribution in [0.1, 0.15) is 23.3 Å². The molecule has 0 spiro atoms. The molecule has 5 heteroatoms. The summed E-state index contributed by atoms with van der Waals surface area (Å²) < 4.78 is 37.8. The molecule has 2 nitrogen and oxygen atoms in total. The van der Waals surface area contributed by atoms with E-state index in [-0.39, 0.29) is 18.5 Å². The Balaban J connectivity index is 2.31. The molecule has 15 heavy (non-hydrogen) atoms. The third-order valence-electron chi connectivity index (χ3n) is 2.62. The van der Waals surface area contributed by atoms with E-state index in [1.807, 2.05) is 0 Å². The summed E-state index contributed by atoms with van der Waals surface area (Å²) in [5, 5.41) is 0. The van der Waals surface area contributed by atoms with Crippen LogP contribution in [0.2, 0.25) is 0 Å². The predicted octanol–water partition coefficient (Wildman–Crippen LogP) is 2.61. The highest BCUT2D eigenvalue weighted by molar-refractivity contribution is 6.01. The van der Waals surface area contributed by atoms with Crippen LogP contribution in [-0.4, -0.2) is 16.9 Å². The molecule has 1 aromatic heterocycles. The van der Waals surface area contributed by atoms with Crippen molar-refractivity contribution in [1.29, 1.82) is 0 Å². The quantitative estimate of drug-likeness (QED) is 0.710. The molecule has 1 aliphatic carbocycles. The Hall–Kier alpha value is -1.39.